The lowest BCUT2D eigenvalue weighted by Crippen LogP contribution is -2.45. The Morgan fingerprint density at radius 1 is 1.69 bits per heavy atom. The topological polar surface area (TPSA) is 61.0 Å². The van der Waals surface area contributed by atoms with Crippen molar-refractivity contribution < 1.29 is 0 Å². The number of likely N-dealkylation sites (N-methyl/N-ethyl adjacent to an activating group) is 1. The van der Waals surface area contributed by atoms with Crippen LogP contribution in [-0.4, -0.2) is 36.1 Å². The zero-order chi connectivity index (χ0) is 11.5. The Bertz CT molecular complexity index is 420. The average molecular weight is 287 g/mol. The number of halogens is 1. The van der Waals surface area contributed by atoms with Gasteiger partial charge in [-0.15, -0.1) is 0 Å². The van der Waals surface area contributed by atoms with Gasteiger partial charge in [-0.25, -0.2) is 4.98 Å². The summed E-state index contributed by atoms with van der Waals surface area (Å²) in [5.41, 5.74) is -0.128. The summed E-state index contributed by atoms with van der Waals surface area (Å²) in [4.78, 5) is 20.4. The van der Waals surface area contributed by atoms with Crippen molar-refractivity contribution in [3.8, 4) is 0 Å². The molecule has 2 rings (SSSR count). The Morgan fingerprint density at radius 3 is 3.25 bits per heavy atom. The van der Waals surface area contributed by atoms with Crippen molar-refractivity contribution in [3.63, 3.8) is 0 Å². The summed E-state index contributed by atoms with van der Waals surface area (Å²) in [6.45, 7) is 1.85. The minimum atomic E-state index is -0.128. The van der Waals surface area contributed by atoms with E-state index in [4.69, 9.17) is 0 Å². The van der Waals surface area contributed by atoms with Crippen LogP contribution >= 0.6 is 15.9 Å². The first kappa shape index (κ1) is 11.6. The molecule has 0 saturated carbocycles. The third-order valence-electron chi connectivity index (χ3n) is 2.91. The number of hydrogen-bond acceptors (Lipinski definition) is 4. The van der Waals surface area contributed by atoms with Crippen LogP contribution in [-0.2, 0) is 0 Å². The van der Waals surface area contributed by atoms with E-state index in [9.17, 15) is 4.79 Å². The highest BCUT2D eigenvalue weighted by Crippen LogP contribution is 2.22. The van der Waals surface area contributed by atoms with Gasteiger partial charge in [0.2, 0.25) is 0 Å². The Balaban J connectivity index is 2.23. The molecule has 1 unspecified atom stereocenters. The van der Waals surface area contributed by atoms with Crippen molar-refractivity contribution in [2.75, 3.05) is 25.0 Å². The van der Waals surface area contributed by atoms with Gasteiger partial charge in [0.05, 0.1) is 6.33 Å². The Morgan fingerprint density at radius 2 is 2.50 bits per heavy atom. The second kappa shape index (κ2) is 4.97. The van der Waals surface area contributed by atoms with Gasteiger partial charge in [0.1, 0.15) is 10.3 Å². The van der Waals surface area contributed by atoms with Crippen LogP contribution in [0.15, 0.2) is 15.6 Å². The number of nitrogens with zero attached hydrogens (tertiary/aromatic N) is 2. The summed E-state index contributed by atoms with van der Waals surface area (Å²) in [6.07, 6.45) is 3.74. The van der Waals surface area contributed by atoms with Crippen LogP contribution in [0.5, 0.6) is 0 Å². The molecule has 0 bridgehead atoms. The number of anilines is 1. The summed E-state index contributed by atoms with van der Waals surface area (Å²) in [5.74, 6) is 0.740. The quantitative estimate of drug-likeness (QED) is 0.841. The molecule has 1 fully saturated rings. The molecule has 2 N–H and O–H groups in total. The van der Waals surface area contributed by atoms with E-state index in [0.29, 0.717) is 10.5 Å². The number of rotatable bonds is 2. The molecule has 1 saturated heterocycles. The second-order valence-electron chi connectivity index (χ2n) is 3.94. The predicted octanol–water partition coefficient (Wildman–Crippen LogP) is 0.721. The van der Waals surface area contributed by atoms with Crippen LogP contribution in [0.3, 0.4) is 0 Å². The number of H-pyrrole nitrogens is 1. The second-order valence-corrected chi connectivity index (χ2v) is 4.74. The maximum absolute atomic E-state index is 11.4. The Labute approximate surface area is 102 Å². The average Bonchev–Trinajstić information content (AvgIpc) is 2.33. The molecule has 0 amide bonds. The first-order chi connectivity index (χ1) is 7.72. The molecule has 1 aromatic heterocycles. The fraction of sp³-hybridized carbons (Fsp3) is 0.600. The van der Waals surface area contributed by atoms with Crippen molar-refractivity contribution >= 4 is 21.7 Å². The standard InChI is InChI=1S/C10H15BrN4O/c1-12-7-3-2-4-15(5-7)9-8(11)10(16)14-6-13-9/h6-7,12H,2-5H2,1H3,(H,13,14,16). The van der Waals surface area contributed by atoms with Gasteiger partial charge in [-0.1, -0.05) is 0 Å². The Hall–Kier alpha value is -0.880. The molecule has 6 heteroatoms. The molecule has 88 valence electrons. The number of aromatic amines is 1. The molecule has 1 aliphatic rings. The molecule has 16 heavy (non-hydrogen) atoms. The third kappa shape index (κ3) is 2.27. The largest absolute Gasteiger partial charge is 0.354 e. The van der Waals surface area contributed by atoms with Gasteiger partial charge in [-0.05, 0) is 35.8 Å². The third-order valence-corrected chi connectivity index (χ3v) is 3.62. The maximum atomic E-state index is 11.4. The van der Waals surface area contributed by atoms with E-state index in [0.717, 1.165) is 25.3 Å². The minimum absolute atomic E-state index is 0.128. The lowest BCUT2D eigenvalue weighted by Gasteiger charge is -2.33. The lowest BCUT2D eigenvalue weighted by atomic mass is 10.1. The van der Waals surface area contributed by atoms with Crippen LogP contribution in [0.25, 0.3) is 0 Å². The molecule has 5 nitrogen and oxygen atoms in total. The number of aromatic nitrogens is 2. The SMILES string of the molecule is CNC1CCCN(c2nc[nH]c(=O)c2Br)C1. The Kier molecular flexibility index (Phi) is 3.60. The van der Waals surface area contributed by atoms with Crippen LogP contribution < -0.4 is 15.8 Å². The summed E-state index contributed by atoms with van der Waals surface area (Å²) >= 11 is 3.29. The zero-order valence-electron chi connectivity index (χ0n) is 9.16. The summed E-state index contributed by atoms with van der Waals surface area (Å²) < 4.78 is 0.520. The number of nitrogens with one attached hydrogen (secondary N) is 2. The van der Waals surface area contributed by atoms with Gasteiger partial charge < -0.3 is 15.2 Å². The van der Waals surface area contributed by atoms with E-state index < -0.39 is 0 Å². The normalized spacial score (nSPS) is 21.1. The van der Waals surface area contributed by atoms with Crippen molar-refractivity contribution in [2.24, 2.45) is 0 Å². The molecular weight excluding hydrogens is 272 g/mol. The van der Waals surface area contributed by atoms with Gasteiger partial charge in [0.15, 0.2) is 0 Å². The molecule has 1 aromatic rings. The van der Waals surface area contributed by atoms with Gasteiger partial charge in [0.25, 0.3) is 5.56 Å². The molecule has 1 aliphatic heterocycles. The van der Waals surface area contributed by atoms with E-state index in [-0.39, 0.29) is 5.56 Å². The van der Waals surface area contributed by atoms with Crippen molar-refractivity contribution in [1.82, 2.24) is 15.3 Å². The fourth-order valence-corrected chi connectivity index (χ4v) is 2.47. The molecule has 2 heterocycles. The monoisotopic (exact) mass is 286 g/mol. The summed E-state index contributed by atoms with van der Waals surface area (Å²) in [7, 11) is 1.97. The molecule has 1 atom stereocenters. The van der Waals surface area contributed by atoms with Gasteiger partial charge in [0, 0.05) is 19.1 Å². The van der Waals surface area contributed by atoms with Gasteiger partial charge >= 0.3 is 0 Å². The predicted molar refractivity (Wildman–Crippen MR) is 66.9 cm³/mol. The molecular formula is C10H15BrN4O. The van der Waals surface area contributed by atoms with Crippen LogP contribution in [0.1, 0.15) is 12.8 Å². The molecule has 0 aliphatic carbocycles. The highest BCUT2D eigenvalue weighted by molar-refractivity contribution is 9.10. The summed E-state index contributed by atoms with van der Waals surface area (Å²) in [5, 5.41) is 3.27. The maximum Gasteiger partial charge on any atom is 0.267 e. The smallest absolute Gasteiger partial charge is 0.267 e. The van der Waals surface area contributed by atoms with Crippen LogP contribution in [0.2, 0.25) is 0 Å². The van der Waals surface area contributed by atoms with Gasteiger partial charge in [-0.2, -0.15) is 0 Å². The minimum Gasteiger partial charge on any atom is -0.354 e. The first-order valence-corrected chi connectivity index (χ1v) is 6.17. The molecule has 0 radical (unpaired) electrons. The van der Waals surface area contributed by atoms with E-state index in [1.54, 1.807) is 0 Å². The molecule has 0 spiro atoms. The number of piperidine rings is 1. The van der Waals surface area contributed by atoms with Crippen molar-refractivity contribution in [2.45, 2.75) is 18.9 Å². The lowest BCUT2D eigenvalue weighted by molar-refractivity contribution is 0.447. The van der Waals surface area contributed by atoms with Crippen LogP contribution in [0.4, 0.5) is 5.82 Å². The van der Waals surface area contributed by atoms with Crippen LogP contribution in [0, 0.1) is 0 Å². The molecule has 0 aromatic carbocycles. The van der Waals surface area contributed by atoms with Crippen molar-refractivity contribution in [3.05, 3.63) is 21.2 Å². The highest BCUT2D eigenvalue weighted by Gasteiger charge is 2.21. The van der Waals surface area contributed by atoms with E-state index in [1.165, 1.54) is 12.7 Å². The fourth-order valence-electron chi connectivity index (χ4n) is 2.00. The highest BCUT2D eigenvalue weighted by atomic mass is 79.9. The van der Waals surface area contributed by atoms with E-state index in [1.807, 2.05) is 7.05 Å². The first-order valence-electron chi connectivity index (χ1n) is 5.37. The number of hydrogen-bond donors (Lipinski definition) is 2. The van der Waals surface area contributed by atoms with Gasteiger partial charge in [-0.3, -0.25) is 4.79 Å². The zero-order valence-corrected chi connectivity index (χ0v) is 10.7. The summed E-state index contributed by atoms with van der Waals surface area (Å²) in [6, 6.07) is 0.474. The van der Waals surface area contributed by atoms with Crippen molar-refractivity contribution in [1.29, 1.82) is 0 Å². The van der Waals surface area contributed by atoms with E-state index >= 15 is 0 Å². The van der Waals surface area contributed by atoms with E-state index in [2.05, 4.69) is 36.1 Å².